The van der Waals surface area contributed by atoms with E-state index in [-0.39, 0.29) is 6.54 Å². The first-order valence-electron chi connectivity index (χ1n) is 4.31. The van der Waals surface area contributed by atoms with Gasteiger partial charge in [-0.15, -0.1) is 11.3 Å². The lowest BCUT2D eigenvalue weighted by molar-refractivity contribution is -0.131. The zero-order chi connectivity index (χ0) is 12.2. The summed E-state index contributed by atoms with van der Waals surface area (Å²) < 4.78 is 24.0. The van der Waals surface area contributed by atoms with Crippen molar-refractivity contribution in [1.82, 2.24) is 4.72 Å². The van der Waals surface area contributed by atoms with Crippen LogP contribution in [0, 0.1) is 0 Å². The normalized spacial score (nSPS) is 12.1. The van der Waals surface area contributed by atoms with Crippen molar-refractivity contribution in [3.8, 4) is 0 Å². The number of rotatable bonds is 5. The van der Waals surface area contributed by atoms with Crippen molar-refractivity contribution in [2.24, 2.45) is 0 Å². The Bertz CT molecular complexity index is 501. The van der Waals surface area contributed by atoms with Crippen LogP contribution in [0.25, 0.3) is 6.08 Å². The third-order valence-electron chi connectivity index (χ3n) is 1.58. The lowest BCUT2D eigenvalue weighted by atomic mass is 10.4. The summed E-state index contributed by atoms with van der Waals surface area (Å²) in [5.41, 5.74) is 0. The molecular weight excluding hydrogens is 250 g/mol. The van der Waals surface area contributed by atoms with E-state index in [1.54, 1.807) is 12.1 Å². The highest BCUT2D eigenvalue weighted by atomic mass is 32.2. The fourth-order valence-corrected chi connectivity index (χ4v) is 2.30. The molecule has 0 bridgehead atoms. The van der Waals surface area contributed by atoms with E-state index in [9.17, 15) is 13.2 Å². The van der Waals surface area contributed by atoms with Crippen molar-refractivity contribution in [3.63, 3.8) is 0 Å². The SMILES string of the molecule is CS(=O)(=O)NCc1ccc(C=CC(=O)O)s1. The van der Waals surface area contributed by atoms with Crippen LogP contribution in [-0.4, -0.2) is 25.7 Å². The van der Waals surface area contributed by atoms with E-state index in [4.69, 9.17) is 5.11 Å². The van der Waals surface area contributed by atoms with E-state index in [1.807, 2.05) is 0 Å². The number of nitrogens with one attached hydrogen (secondary N) is 1. The van der Waals surface area contributed by atoms with Crippen LogP contribution in [0.5, 0.6) is 0 Å². The lowest BCUT2D eigenvalue weighted by Gasteiger charge is -1.97. The Balaban J connectivity index is 2.62. The number of hydrogen-bond donors (Lipinski definition) is 2. The third-order valence-corrected chi connectivity index (χ3v) is 3.30. The van der Waals surface area contributed by atoms with Gasteiger partial charge in [-0.1, -0.05) is 0 Å². The third kappa shape index (κ3) is 5.06. The van der Waals surface area contributed by atoms with E-state index in [0.717, 1.165) is 22.1 Å². The summed E-state index contributed by atoms with van der Waals surface area (Å²) >= 11 is 1.34. The van der Waals surface area contributed by atoms with Crippen molar-refractivity contribution in [3.05, 3.63) is 28.0 Å². The first-order chi connectivity index (χ1) is 7.37. The van der Waals surface area contributed by atoms with Crippen LogP contribution < -0.4 is 4.72 Å². The molecule has 0 unspecified atom stereocenters. The Kier molecular flexibility index (Phi) is 4.22. The molecule has 0 atom stereocenters. The predicted octanol–water partition coefficient (Wildman–Crippen LogP) is 0.895. The van der Waals surface area contributed by atoms with E-state index in [0.29, 0.717) is 0 Å². The highest BCUT2D eigenvalue weighted by molar-refractivity contribution is 7.88. The second kappa shape index (κ2) is 5.24. The van der Waals surface area contributed by atoms with Crippen LogP contribution in [0.15, 0.2) is 18.2 Å². The molecule has 0 spiro atoms. The molecule has 7 heteroatoms. The minimum absolute atomic E-state index is 0.227. The van der Waals surface area contributed by atoms with Crippen LogP contribution in [0.3, 0.4) is 0 Å². The maximum Gasteiger partial charge on any atom is 0.328 e. The summed E-state index contributed by atoms with van der Waals surface area (Å²) in [5, 5.41) is 8.42. The quantitative estimate of drug-likeness (QED) is 0.771. The zero-order valence-corrected chi connectivity index (χ0v) is 10.1. The van der Waals surface area contributed by atoms with Gasteiger partial charge in [0.15, 0.2) is 0 Å². The van der Waals surface area contributed by atoms with Gasteiger partial charge in [0.05, 0.1) is 6.26 Å². The predicted molar refractivity (Wildman–Crippen MR) is 62.7 cm³/mol. The summed E-state index contributed by atoms with van der Waals surface area (Å²) in [6, 6.07) is 3.49. The first kappa shape index (κ1) is 12.9. The molecule has 0 aliphatic carbocycles. The van der Waals surface area contributed by atoms with E-state index in [2.05, 4.69) is 4.72 Å². The molecule has 0 fully saturated rings. The molecule has 0 radical (unpaired) electrons. The molecule has 16 heavy (non-hydrogen) atoms. The molecule has 0 saturated heterocycles. The molecular formula is C9H11NO4S2. The van der Waals surface area contributed by atoms with Gasteiger partial charge in [0.1, 0.15) is 0 Å². The fourth-order valence-electron chi connectivity index (χ4n) is 0.935. The maximum atomic E-state index is 10.8. The summed E-state index contributed by atoms with van der Waals surface area (Å²) in [6.45, 7) is 0.227. The minimum Gasteiger partial charge on any atom is -0.478 e. The van der Waals surface area contributed by atoms with Crippen LogP contribution >= 0.6 is 11.3 Å². The van der Waals surface area contributed by atoms with E-state index < -0.39 is 16.0 Å². The highest BCUT2D eigenvalue weighted by Crippen LogP contribution is 2.17. The fraction of sp³-hybridized carbons (Fsp3) is 0.222. The molecule has 1 heterocycles. The van der Waals surface area contributed by atoms with Crippen molar-refractivity contribution in [1.29, 1.82) is 0 Å². The van der Waals surface area contributed by atoms with Crippen LogP contribution in [0.4, 0.5) is 0 Å². The number of aliphatic carboxylic acids is 1. The Morgan fingerprint density at radius 3 is 2.81 bits per heavy atom. The average Bonchev–Trinajstić information content (AvgIpc) is 2.58. The standard InChI is InChI=1S/C9H11NO4S2/c1-16(13,14)10-6-8-3-2-7(15-8)4-5-9(11)12/h2-5,10H,6H2,1H3,(H,11,12). The molecule has 5 nitrogen and oxygen atoms in total. The van der Waals surface area contributed by atoms with Crippen molar-refractivity contribution >= 4 is 33.4 Å². The van der Waals surface area contributed by atoms with Crippen LogP contribution in [-0.2, 0) is 21.4 Å². The van der Waals surface area contributed by atoms with Gasteiger partial charge >= 0.3 is 5.97 Å². The Morgan fingerprint density at radius 1 is 1.56 bits per heavy atom. The monoisotopic (exact) mass is 261 g/mol. The first-order valence-corrected chi connectivity index (χ1v) is 7.02. The smallest absolute Gasteiger partial charge is 0.328 e. The number of hydrogen-bond acceptors (Lipinski definition) is 4. The maximum absolute atomic E-state index is 10.8. The summed E-state index contributed by atoms with van der Waals surface area (Å²) in [4.78, 5) is 11.9. The van der Waals surface area contributed by atoms with Crippen molar-refractivity contribution in [2.45, 2.75) is 6.54 Å². The minimum atomic E-state index is -3.19. The van der Waals surface area contributed by atoms with E-state index in [1.165, 1.54) is 17.4 Å². The molecule has 1 aromatic rings. The van der Waals surface area contributed by atoms with Gasteiger partial charge in [-0.25, -0.2) is 17.9 Å². The largest absolute Gasteiger partial charge is 0.478 e. The van der Waals surface area contributed by atoms with Gasteiger partial charge in [0.2, 0.25) is 10.0 Å². The molecule has 0 aromatic carbocycles. The molecule has 88 valence electrons. The number of carbonyl (C=O) groups is 1. The molecule has 1 rings (SSSR count). The van der Waals surface area contributed by atoms with E-state index >= 15 is 0 Å². The van der Waals surface area contributed by atoms with Gasteiger partial charge in [0.25, 0.3) is 0 Å². The Morgan fingerprint density at radius 2 is 2.25 bits per heavy atom. The van der Waals surface area contributed by atoms with Crippen molar-refractivity contribution in [2.75, 3.05) is 6.26 Å². The summed E-state index contributed by atoms with van der Waals surface area (Å²) in [7, 11) is -3.19. The Labute approximate surface area is 97.5 Å². The number of carboxylic acids is 1. The Hall–Kier alpha value is -1.18. The van der Waals surface area contributed by atoms with Crippen molar-refractivity contribution < 1.29 is 18.3 Å². The second-order valence-electron chi connectivity index (χ2n) is 3.07. The molecule has 1 aromatic heterocycles. The number of carboxylic acid groups (broad SMARTS) is 1. The zero-order valence-electron chi connectivity index (χ0n) is 8.50. The topological polar surface area (TPSA) is 83.5 Å². The average molecular weight is 261 g/mol. The molecule has 2 N–H and O–H groups in total. The molecule has 0 saturated carbocycles. The number of thiophene rings is 1. The second-order valence-corrected chi connectivity index (χ2v) is 6.10. The summed E-state index contributed by atoms with van der Waals surface area (Å²) in [6.07, 6.45) is 3.60. The van der Waals surface area contributed by atoms with Gasteiger partial charge in [-0.2, -0.15) is 0 Å². The molecule has 0 amide bonds. The van der Waals surface area contributed by atoms with Crippen LogP contribution in [0.2, 0.25) is 0 Å². The molecule has 0 aliphatic heterocycles. The highest BCUT2D eigenvalue weighted by Gasteiger charge is 2.03. The van der Waals surface area contributed by atoms with Gasteiger partial charge in [0, 0.05) is 22.4 Å². The van der Waals surface area contributed by atoms with Gasteiger partial charge in [-0.05, 0) is 18.2 Å². The van der Waals surface area contributed by atoms with Gasteiger partial charge < -0.3 is 5.11 Å². The lowest BCUT2D eigenvalue weighted by Crippen LogP contribution is -2.20. The molecule has 0 aliphatic rings. The van der Waals surface area contributed by atoms with Crippen LogP contribution in [0.1, 0.15) is 9.75 Å². The number of sulfonamides is 1. The summed E-state index contributed by atoms with van der Waals surface area (Å²) in [5.74, 6) is -1.01. The van der Waals surface area contributed by atoms with Gasteiger partial charge in [-0.3, -0.25) is 0 Å².